The average Bonchev–Trinajstić information content (AvgIpc) is 2.72. The molecule has 8 heteroatoms. The van der Waals surface area contributed by atoms with Gasteiger partial charge in [-0.2, -0.15) is 0 Å². The van der Waals surface area contributed by atoms with Crippen molar-refractivity contribution in [2.24, 2.45) is 0 Å². The number of anilines is 1. The molecule has 1 N–H and O–H groups in total. The molecule has 2 amide bonds. The van der Waals surface area contributed by atoms with Gasteiger partial charge in [-0.05, 0) is 52.8 Å². The predicted molar refractivity (Wildman–Crippen MR) is 128 cm³/mol. The molecule has 1 saturated heterocycles. The summed E-state index contributed by atoms with van der Waals surface area (Å²) in [5, 5.41) is 3.49. The molecule has 7 nitrogen and oxygen atoms in total. The molecule has 1 aliphatic rings. The van der Waals surface area contributed by atoms with Crippen LogP contribution in [0.5, 0.6) is 0 Å². The van der Waals surface area contributed by atoms with Gasteiger partial charge in [0.1, 0.15) is 11.1 Å². The van der Waals surface area contributed by atoms with Gasteiger partial charge in [-0.25, -0.2) is 0 Å². The first-order chi connectivity index (χ1) is 15.0. The van der Waals surface area contributed by atoms with Crippen LogP contribution in [0.25, 0.3) is 0 Å². The van der Waals surface area contributed by atoms with E-state index in [1.165, 1.54) is 6.20 Å². The van der Waals surface area contributed by atoms with Crippen molar-refractivity contribution in [3.63, 3.8) is 0 Å². The summed E-state index contributed by atoms with van der Waals surface area (Å²) in [5.41, 5.74) is -0.0184. The van der Waals surface area contributed by atoms with Crippen LogP contribution in [0, 0.1) is 0 Å². The Morgan fingerprint density at radius 3 is 2.22 bits per heavy atom. The summed E-state index contributed by atoms with van der Waals surface area (Å²) in [5.74, 6) is -0.821. The zero-order valence-electron chi connectivity index (χ0n) is 19.3. The summed E-state index contributed by atoms with van der Waals surface area (Å²) in [7, 11) is 0. The SMILES string of the molecule is CC(C)n1cc(C(=O)NC(C)(C)C)c(=O)c(C(=O)N2CCN(c3cccc(Cl)c3)CC2)c1. The van der Waals surface area contributed by atoms with Gasteiger partial charge >= 0.3 is 0 Å². The number of nitrogens with zero attached hydrogens (tertiary/aromatic N) is 3. The Kier molecular flexibility index (Phi) is 6.98. The largest absolute Gasteiger partial charge is 0.368 e. The number of rotatable bonds is 4. The highest BCUT2D eigenvalue weighted by molar-refractivity contribution is 6.30. The number of piperazine rings is 1. The average molecular weight is 459 g/mol. The predicted octanol–water partition coefficient (Wildman–Crippen LogP) is 3.57. The van der Waals surface area contributed by atoms with E-state index in [0.29, 0.717) is 31.2 Å². The first-order valence-electron chi connectivity index (χ1n) is 10.8. The van der Waals surface area contributed by atoms with Crippen LogP contribution in [0.2, 0.25) is 5.02 Å². The molecule has 1 aromatic heterocycles. The number of carbonyl (C=O) groups is 2. The lowest BCUT2D eigenvalue weighted by Gasteiger charge is -2.36. The van der Waals surface area contributed by atoms with E-state index in [1.807, 2.05) is 58.9 Å². The Balaban J connectivity index is 1.84. The van der Waals surface area contributed by atoms with Crippen molar-refractivity contribution in [2.45, 2.75) is 46.2 Å². The summed E-state index contributed by atoms with van der Waals surface area (Å²) < 4.78 is 1.74. The minimum Gasteiger partial charge on any atom is -0.368 e. The molecule has 0 aliphatic carbocycles. The van der Waals surface area contributed by atoms with Crippen LogP contribution in [0.1, 0.15) is 61.4 Å². The van der Waals surface area contributed by atoms with Crippen LogP contribution in [-0.2, 0) is 0 Å². The van der Waals surface area contributed by atoms with E-state index in [2.05, 4.69) is 10.2 Å². The van der Waals surface area contributed by atoms with Gasteiger partial charge < -0.3 is 19.7 Å². The van der Waals surface area contributed by atoms with Crippen LogP contribution in [0.3, 0.4) is 0 Å². The molecular weight excluding hydrogens is 428 g/mol. The molecular formula is C24H31ClN4O3. The van der Waals surface area contributed by atoms with Crippen LogP contribution in [-0.4, -0.2) is 53.0 Å². The lowest BCUT2D eigenvalue weighted by molar-refractivity contribution is 0.0744. The second-order valence-corrected chi connectivity index (χ2v) is 9.86. The van der Waals surface area contributed by atoms with E-state index in [-0.39, 0.29) is 23.1 Å². The Morgan fingerprint density at radius 1 is 1.03 bits per heavy atom. The molecule has 32 heavy (non-hydrogen) atoms. The first-order valence-corrected chi connectivity index (χ1v) is 11.2. The molecule has 1 aromatic carbocycles. The number of nitrogens with one attached hydrogen (secondary N) is 1. The van der Waals surface area contributed by atoms with Gasteiger partial charge in [0.25, 0.3) is 11.8 Å². The van der Waals surface area contributed by atoms with E-state index in [4.69, 9.17) is 11.6 Å². The van der Waals surface area contributed by atoms with Gasteiger partial charge in [0, 0.05) is 60.9 Å². The van der Waals surface area contributed by atoms with Crippen molar-refractivity contribution in [1.29, 1.82) is 0 Å². The van der Waals surface area contributed by atoms with E-state index in [0.717, 1.165) is 5.69 Å². The minimum atomic E-state index is -0.536. The van der Waals surface area contributed by atoms with Crippen LogP contribution < -0.4 is 15.6 Å². The smallest absolute Gasteiger partial charge is 0.259 e. The van der Waals surface area contributed by atoms with Crippen molar-refractivity contribution < 1.29 is 9.59 Å². The second-order valence-electron chi connectivity index (χ2n) is 9.42. The molecule has 172 valence electrons. The number of pyridine rings is 1. The summed E-state index contributed by atoms with van der Waals surface area (Å²) in [6.07, 6.45) is 3.09. The summed E-state index contributed by atoms with van der Waals surface area (Å²) >= 11 is 6.10. The van der Waals surface area contributed by atoms with Gasteiger partial charge in [-0.1, -0.05) is 17.7 Å². The molecule has 0 unspecified atom stereocenters. The van der Waals surface area contributed by atoms with Crippen molar-refractivity contribution in [1.82, 2.24) is 14.8 Å². The fraction of sp³-hybridized carbons (Fsp3) is 0.458. The minimum absolute atomic E-state index is 0.0111. The Labute approximate surface area is 194 Å². The number of halogens is 1. The zero-order chi connectivity index (χ0) is 23.6. The molecule has 0 radical (unpaired) electrons. The maximum Gasteiger partial charge on any atom is 0.259 e. The Morgan fingerprint density at radius 2 is 1.66 bits per heavy atom. The quantitative estimate of drug-likeness (QED) is 0.760. The number of hydrogen-bond donors (Lipinski definition) is 1. The van der Waals surface area contributed by atoms with Crippen LogP contribution in [0.15, 0.2) is 41.5 Å². The highest BCUT2D eigenvalue weighted by Gasteiger charge is 2.27. The summed E-state index contributed by atoms with van der Waals surface area (Å²) in [4.78, 5) is 43.0. The molecule has 2 heterocycles. The van der Waals surface area contributed by atoms with E-state index < -0.39 is 16.9 Å². The lowest BCUT2D eigenvalue weighted by Crippen LogP contribution is -2.50. The molecule has 1 fully saturated rings. The fourth-order valence-corrected chi connectivity index (χ4v) is 3.81. The van der Waals surface area contributed by atoms with Gasteiger partial charge in [0.15, 0.2) is 0 Å². The highest BCUT2D eigenvalue weighted by atomic mass is 35.5. The van der Waals surface area contributed by atoms with Crippen molar-refractivity contribution in [2.75, 3.05) is 31.1 Å². The molecule has 1 aliphatic heterocycles. The Bertz CT molecular complexity index is 1060. The first kappa shape index (κ1) is 23.9. The number of aromatic nitrogens is 1. The number of amides is 2. The normalized spacial score (nSPS) is 14.6. The number of benzene rings is 1. The molecule has 0 saturated carbocycles. The maximum atomic E-state index is 13.3. The molecule has 3 rings (SSSR count). The molecule has 0 bridgehead atoms. The zero-order valence-corrected chi connectivity index (χ0v) is 20.1. The topological polar surface area (TPSA) is 74.6 Å². The van der Waals surface area contributed by atoms with E-state index in [9.17, 15) is 14.4 Å². The van der Waals surface area contributed by atoms with Crippen molar-refractivity contribution in [3.8, 4) is 0 Å². The third-order valence-corrected chi connectivity index (χ3v) is 5.58. The van der Waals surface area contributed by atoms with Gasteiger partial charge in [-0.3, -0.25) is 14.4 Å². The van der Waals surface area contributed by atoms with Crippen LogP contribution >= 0.6 is 11.6 Å². The van der Waals surface area contributed by atoms with Crippen molar-refractivity contribution >= 4 is 29.1 Å². The highest BCUT2D eigenvalue weighted by Crippen LogP contribution is 2.21. The van der Waals surface area contributed by atoms with E-state index in [1.54, 1.807) is 15.7 Å². The monoisotopic (exact) mass is 458 g/mol. The second kappa shape index (κ2) is 9.36. The summed E-state index contributed by atoms with van der Waals surface area (Å²) in [6.45, 7) is 11.6. The lowest BCUT2D eigenvalue weighted by atomic mass is 10.1. The fourth-order valence-electron chi connectivity index (χ4n) is 3.63. The van der Waals surface area contributed by atoms with Gasteiger partial charge in [-0.15, -0.1) is 0 Å². The summed E-state index contributed by atoms with van der Waals surface area (Å²) in [6, 6.07) is 7.60. The number of hydrogen-bond acceptors (Lipinski definition) is 4. The molecule has 2 aromatic rings. The number of carbonyl (C=O) groups excluding carboxylic acids is 2. The third-order valence-electron chi connectivity index (χ3n) is 5.35. The molecule has 0 spiro atoms. The maximum absolute atomic E-state index is 13.3. The van der Waals surface area contributed by atoms with Crippen molar-refractivity contribution in [3.05, 3.63) is 63.0 Å². The standard InChI is InChI=1S/C24H31ClN4O3/c1-16(2)29-14-19(22(31)26-24(3,4)5)21(30)20(15-29)23(32)28-11-9-27(10-12-28)18-8-6-7-17(25)13-18/h6-8,13-16H,9-12H2,1-5H3,(H,26,31). The van der Waals surface area contributed by atoms with E-state index >= 15 is 0 Å². The van der Waals surface area contributed by atoms with Crippen LogP contribution in [0.4, 0.5) is 5.69 Å². The third kappa shape index (κ3) is 5.51. The van der Waals surface area contributed by atoms with Gasteiger partial charge in [0.2, 0.25) is 5.43 Å². The molecule has 0 atom stereocenters. The Hall–Kier alpha value is -2.80. The van der Waals surface area contributed by atoms with Gasteiger partial charge in [0.05, 0.1) is 0 Å².